The van der Waals surface area contributed by atoms with Crippen LogP contribution in [0.3, 0.4) is 0 Å². The molecule has 0 aromatic heterocycles. The summed E-state index contributed by atoms with van der Waals surface area (Å²) in [6.45, 7) is 1.62. The van der Waals surface area contributed by atoms with Crippen LogP contribution in [0.25, 0.3) is 0 Å². The maximum absolute atomic E-state index is 2.33. The molecule has 0 amide bonds. The zero-order chi connectivity index (χ0) is 20.4. The average Bonchev–Trinajstić information content (AvgIpc) is 2.84. The van der Waals surface area contributed by atoms with Gasteiger partial charge in [0.05, 0.1) is 0 Å². The lowest BCUT2D eigenvalue weighted by molar-refractivity contribution is 1.06. The van der Waals surface area contributed by atoms with Crippen LogP contribution in [0.15, 0.2) is 133 Å². The molecule has 0 aliphatic heterocycles. The van der Waals surface area contributed by atoms with Crippen molar-refractivity contribution in [2.24, 2.45) is 0 Å². The van der Waals surface area contributed by atoms with Crippen LogP contribution in [0.4, 0.5) is 22.7 Å². The Balaban J connectivity index is 1.52. The molecule has 0 unspecified atom stereocenters. The third-order valence-electron chi connectivity index (χ3n) is 5.01. The van der Waals surface area contributed by atoms with Crippen LogP contribution < -0.4 is 9.80 Å². The van der Waals surface area contributed by atoms with E-state index >= 15 is 0 Å². The molecule has 148 valence electrons. The Bertz CT molecular complexity index is 863. The van der Waals surface area contributed by atoms with Crippen LogP contribution >= 0.6 is 0 Å². The summed E-state index contributed by atoms with van der Waals surface area (Å²) < 4.78 is 0. The molecule has 2 nitrogen and oxygen atoms in total. The third-order valence-corrected chi connectivity index (χ3v) is 5.01. The number of nitrogens with zero attached hydrogens (tertiary/aromatic N) is 2. The maximum atomic E-state index is 2.33. The van der Waals surface area contributed by atoms with Crippen LogP contribution in [0.1, 0.15) is 0 Å². The lowest BCUT2D eigenvalue weighted by Crippen LogP contribution is -2.19. The summed E-state index contributed by atoms with van der Waals surface area (Å²) in [7, 11) is 0. The van der Waals surface area contributed by atoms with Crippen LogP contribution in [-0.4, -0.2) is 13.1 Å². The molecule has 0 atom stereocenters. The van der Waals surface area contributed by atoms with E-state index in [4.69, 9.17) is 0 Å². The average molecular weight is 391 g/mol. The van der Waals surface area contributed by atoms with Crippen LogP contribution in [0.2, 0.25) is 0 Å². The molecule has 4 aromatic rings. The molecule has 0 aliphatic rings. The Kier molecular flexibility index (Phi) is 6.59. The molecule has 0 bridgehead atoms. The Hall–Kier alpha value is -3.78. The molecular weight excluding hydrogens is 364 g/mol. The summed E-state index contributed by atoms with van der Waals surface area (Å²) in [5.41, 5.74) is 4.76. The van der Waals surface area contributed by atoms with Gasteiger partial charge in [-0.3, -0.25) is 0 Å². The second kappa shape index (κ2) is 10.1. The Morgan fingerprint density at radius 1 is 0.367 bits per heavy atom. The molecule has 4 aromatic carbocycles. The zero-order valence-electron chi connectivity index (χ0n) is 17.0. The number of hydrogen-bond acceptors (Lipinski definition) is 2. The van der Waals surface area contributed by atoms with Crippen molar-refractivity contribution in [2.75, 3.05) is 22.9 Å². The molecule has 2 heteroatoms. The summed E-state index contributed by atoms with van der Waals surface area (Å²) >= 11 is 0. The van der Waals surface area contributed by atoms with Crippen molar-refractivity contribution in [3.63, 3.8) is 0 Å². The summed E-state index contributed by atoms with van der Waals surface area (Å²) in [4.78, 5) is 4.65. The highest BCUT2D eigenvalue weighted by atomic mass is 15.1. The molecule has 30 heavy (non-hydrogen) atoms. The summed E-state index contributed by atoms with van der Waals surface area (Å²) in [6, 6.07) is 42.1. The SMILES string of the molecule is C(=C\CN(c1ccccc1)c1ccccc1)/CN(c1ccccc1)c1ccccc1. The molecule has 0 saturated heterocycles. The van der Waals surface area contributed by atoms with Gasteiger partial charge in [0.15, 0.2) is 0 Å². The van der Waals surface area contributed by atoms with E-state index in [2.05, 4.69) is 143 Å². The van der Waals surface area contributed by atoms with Crippen LogP contribution in [-0.2, 0) is 0 Å². The van der Waals surface area contributed by atoms with Gasteiger partial charge in [0.25, 0.3) is 0 Å². The maximum Gasteiger partial charge on any atom is 0.0413 e. The molecule has 0 heterocycles. The number of anilines is 4. The second-order valence-electron chi connectivity index (χ2n) is 7.03. The largest absolute Gasteiger partial charge is 0.338 e. The first-order chi connectivity index (χ1) is 14.9. The number of rotatable bonds is 8. The van der Waals surface area contributed by atoms with E-state index in [0.717, 1.165) is 13.1 Å². The minimum Gasteiger partial charge on any atom is -0.338 e. The number of para-hydroxylation sites is 4. The topological polar surface area (TPSA) is 6.48 Å². The number of benzene rings is 4. The summed E-state index contributed by atoms with van der Waals surface area (Å²) in [5, 5.41) is 0. The first-order valence-electron chi connectivity index (χ1n) is 10.3. The van der Waals surface area contributed by atoms with Gasteiger partial charge in [-0.1, -0.05) is 84.9 Å². The highest BCUT2D eigenvalue weighted by Gasteiger charge is 2.08. The molecular formula is C28H26N2. The quantitative estimate of drug-likeness (QED) is 0.293. The van der Waals surface area contributed by atoms with E-state index in [0.29, 0.717) is 0 Å². The fourth-order valence-electron chi connectivity index (χ4n) is 3.51. The predicted octanol–water partition coefficient (Wildman–Crippen LogP) is 7.22. The van der Waals surface area contributed by atoms with Crippen molar-refractivity contribution in [1.82, 2.24) is 0 Å². The second-order valence-corrected chi connectivity index (χ2v) is 7.03. The van der Waals surface area contributed by atoms with Gasteiger partial charge in [-0.05, 0) is 48.5 Å². The van der Waals surface area contributed by atoms with Gasteiger partial charge in [0.2, 0.25) is 0 Å². The smallest absolute Gasteiger partial charge is 0.0413 e. The number of hydrogen-bond donors (Lipinski definition) is 0. The van der Waals surface area contributed by atoms with E-state index in [-0.39, 0.29) is 0 Å². The van der Waals surface area contributed by atoms with Gasteiger partial charge >= 0.3 is 0 Å². The van der Waals surface area contributed by atoms with E-state index < -0.39 is 0 Å². The van der Waals surface area contributed by atoms with Gasteiger partial charge in [0, 0.05) is 35.8 Å². The molecule has 0 aliphatic carbocycles. The van der Waals surface area contributed by atoms with Crippen molar-refractivity contribution in [3.8, 4) is 0 Å². The highest BCUT2D eigenvalue weighted by Crippen LogP contribution is 2.26. The molecule has 4 rings (SSSR count). The lowest BCUT2D eigenvalue weighted by Gasteiger charge is -2.25. The summed E-state index contributed by atoms with van der Waals surface area (Å²) in [6.07, 6.45) is 4.50. The first kappa shape index (κ1) is 19.5. The highest BCUT2D eigenvalue weighted by molar-refractivity contribution is 5.65. The fourth-order valence-corrected chi connectivity index (χ4v) is 3.51. The summed E-state index contributed by atoms with van der Waals surface area (Å²) in [5.74, 6) is 0. The molecule has 0 N–H and O–H groups in total. The van der Waals surface area contributed by atoms with E-state index in [1.807, 2.05) is 0 Å². The van der Waals surface area contributed by atoms with E-state index in [1.165, 1.54) is 22.7 Å². The molecule has 0 radical (unpaired) electrons. The lowest BCUT2D eigenvalue weighted by atomic mass is 10.2. The standard InChI is InChI=1S/C28H26N2/c1-5-15-25(16-6-1)29(26-17-7-2-8-18-26)23-13-14-24-30(27-19-9-3-10-20-27)28-21-11-4-12-22-28/h1-22H,23-24H2/b14-13+. The Morgan fingerprint density at radius 3 is 0.833 bits per heavy atom. The molecule has 0 fully saturated rings. The van der Waals surface area contributed by atoms with Crippen molar-refractivity contribution < 1.29 is 0 Å². The monoisotopic (exact) mass is 390 g/mol. The zero-order valence-corrected chi connectivity index (χ0v) is 17.0. The Labute approximate surface area is 179 Å². The van der Waals surface area contributed by atoms with Crippen molar-refractivity contribution in [1.29, 1.82) is 0 Å². The van der Waals surface area contributed by atoms with Crippen LogP contribution in [0.5, 0.6) is 0 Å². The normalized spacial score (nSPS) is 10.8. The van der Waals surface area contributed by atoms with E-state index in [1.54, 1.807) is 0 Å². The van der Waals surface area contributed by atoms with Crippen molar-refractivity contribution in [2.45, 2.75) is 0 Å². The van der Waals surface area contributed by atoms with Gasteiger partial charge in [-0.2, -0.15) is 0 Å². The Morgan fingerprint density at radius 2 is 0.600 bits per heavy atom. The fraction of sp³-hybridized carbons (Fsp3) is 0.0714. The third kappa shape index (κ3) is 4.98. The minimum absolute atomic E-state index is 0.811. The first-order valence-corrected chi connectivity index (χ1v) is 10.3. The molecule has 0 spiro atoms. The van der Waals surface area contributed by atoms with Gasteiger partial charge in [-0.15, -0.1) is 0 Å². The van der Waals surface area contributed by atoms with Gasteiger partial charge < -0.3 is 9.80 Å². The molecule has 0 saturated carbocycles. The van der Waals surface area contributed by atoms with Crippen LogP contribution in [0, 0.1) is 0 Å². The predicted molar refractivity (Wildman–Crippen MR) is 129 cm³/mol. The minimum atomic E-state index is 0.811. The van der Waals surface area contributed by atoms with Gasteiger partial charge in [0.1, 0.15) is 0 Å². The van der Waals surface area contributed by atoms with E-state index in [9.17, 15) is 0 Å². The van der Waals surface area contributed by atoms with Crippen molar-refractivity contribution in [3.05, 3.63) is 133 Å². The van der Waals surface area contributed by atoms with Gasteiger partial charge in [-0.25, -0.2) is 0 Å². The van der Waals surface area contributed by atoms with Crippen molar-refractivity contribution >= 4 is 22.7 Å².